The van der Waals surface area contributed by atoms with E-state index < -0.39 is 5.60 Å². The first-order valence-corrected chi connectivity index (χ1v) is 6.47. The quantitative estimate of drug-likeness (QED) is 0.891. The molecule has 1 aromatic rings. The Morgan fingerprint density at radius 2 is 1.83 bits per heavy atom. The summed E-state index contributed by atoms with van der Waals surface area (Å²) in [6.45, 7) is 4.99. The van der Waals surface area contributed by atoms with Gasteiger partial charge in [-0.15, -0.1) is 12.4 Å². The Bertz CT molecular complexity index is 361. The Morgan fingerprint density at radius 1 is 1.22 bits per heavy atom. The van der Waals surface area contributed by atoms with E-state index in [2.05, 4.69) is 36.2 Å². The summed E-state index contributed by atoms with van der Waals surface area (Å²) in [5.74, 6) is 0.309. The molecule has 0 amide bonds. The van der Waals surface area contributed by atoms with Gasteiger partial charge in [-0.1, -0.05) is 30.3 Å². The lowest BCUT2D eigenvalue weighted by Gasteiger charge is -2.44. The lowest BCUT2D eigenvalue weighted by molar-refractivity contribution is -0.0462. The molecule has 2 unspecified atom stereocenters. The molecule has 0 spiro atoms. The van der Waals surface area contributed by atoms with Gasteiger partial charge in [0.25, 0.3) is 0 Å². The Hall–Kier alpha value is -0.570. The van der Waals surface area contributed by atoms with Crippen molar-refractivity contribution in [1.29, 1.82) is 0 Å². The van der Waals surface area contributed by atoms with Gasteiger partial charge in [-0.25, -0.2) is 0 Å². The van der Waals surface area contributed by atoms with Crippen LogP contribution in [0.1, 0.15) is 38.3 Å². The van der Waals surface area contributed by atoms with Crippen molar-refractivity contribution in [3.8, 4) is 0 Å². The molecular weight excluding hydrogens is 246 g/mol. The predicted molar refractivity (Wildman–Crippen MR) is 78.1 cm³/mol. The van der Waals surface area contributed by atoms with Crippen LogP contribution in [0.25, 0.3) is 0 Å². The second-order valence-electron chi connectivity index (χ2n) is 5.74. The molecule has 1 aliphatic rings. The van der Waals surface area contributed by atoms with E-state index in [1.54, 1.807) is 0 Å². The third kappa shape index (κ3) is 3.25. The van der Waals surface area contributed by atoms with Crippen LogP contribution in [0.5, 0.6) is 0 Å². The zero-order chi connectivity index (χ0) is 12.5. The van der Waals surface area contributed by atoms with E-state index >= 15 is 0 Å². The molecule has 18 heavy (non-hydrogen) atoms. The van der Waals surface area contributed by atoms with E-state index in [-0.39, 0.29) is 12.4 Å². The van der Waals surface area contributed by atoms with Crippen LogP contribution in [0.2, 0.25) is 0 Å². The summed E-state index contributed by atoms with van der Waals surface area (Å²) in [7, 11) is 2.16. The lowest BCUT2D eigenvalue weighted by Crippen LogP contribution is -2.45. The molecule has 1 aliphatic heterocycles. The zero-order valence-electron chi connectivity index (χ0n) is 11.5. The Kier molecular flexibility index (Phi) is 5.20. The maximum absolute atomic E-state index is 10.4. The highest BCUT2D eigenvalue weighted by Crippen LogP contribution is 2.40. The fourth-order valence-corrected chi connectivity index (χ4v) is 3.04. The topological polar surface area (TPSA) is 23.5 Å². The van der Waals surface area contributed by atoms with Gasteiger partial charge in [0.15, 0.2) is 0 Å². The first-order valence-electron chi connectivity index (χ1n) is 6.47. The van der Waals surface area contributed by atoms with E-state index in [1.807, 2.05) is 19.9 Å². The molecule has 0 aromatic heterocycles. The largest absolute Gasteiger partial charge is 0.390 e. The predicted octanol–water partition coefficient (Wildman–Crippen LogP) is 3.26. The smallest absolute Gasteiger partial charge is 0.0638 e. The Morgan fingerprint density at radius 3 is 2.39 bits per heavy atom. The van der Waals surface area contributed by atoms with Gasteiger partial charge >= 0.3 is 0 Å². The molecule has 2 atom stereocenters. The molecule has 2 nitrogen and oxygen atoms in total. The molecular formula is C15H24ClNO. The van der Waals surface area contributed by atoms with Crippen molar-refractivity contribution in [2.45, 2.75) is 38.3 Å². The highest BCUT2D eigenvalue weighted by atomic mass is 35.5. The number of piperidine rings is 1. The molecule has 1 saturated heterocycles. The normalized spacial score (nSPS) is 25.6. The molecule has 0 saturated carbocycles. The summed E-state index contributed by atoms with van der Waals surface area (Å²) >= 11 is 0. The molecule has 1 aromatic carbocycles. The van der Waals surface area contributed by atoms with Crippen LogP contribution in [0.4, 0.5) is 0 Å². The van der Waals surface area contributed by atoms with Gasteiger partial charge < -0.3 is 5.11 Å². The molecule has 0 aliphatic carbocycles. The fourth-order valence-electron chi connectivity index (χ4n) is 3.04. The maximum Gasteiger partial charge on any atom is 0.0638 e. The highest BCUT2D eigenvalue weighted by Gasteiger charge is 2.38. The standard InChI is InChI=1S/C15H23NO.ClH/c1-15(2,17)13-10-7-11-16(3)14(13)12-8-5-4-6-9-12;/h4-6,8-9,13-14,17H,7,10-11H2,1-3H3;1H. The van der Waals surface area contributed by atoms with Crippen molar-refractivity contribution in [2.24, 2.45) is 5.92 Å². The van der Waals surface area contributed by atoms with E-state index in [0.29, 0.717) is 12.0 Å². The van der Waals surface area contributed by atoms with Crippen molar-refractivity contribution in [3.05, 3.63) is 35.9 Å². The second kappa shape index (κ2) is 6.05. The average Bonchev–Trinajstić information content (AvgIpc) is 2.28. The Balaban J connectivity index is 0.00000162. The number of aliphatic hydroxyl groups is 1. The maximum atomic E-state index is 10.4. The van der Waals surface area contributed by atoms with Crippen LogP contribution >= 0.6 is 12.4 Å². The lowest BCUT2D eigenvalue weighted by atomic mass is 9.75. The third-order valence-corrected chi connectivity index (χ3v) is 3.93. The minimum absolute atomic E-state index is 0. The fraction of sp³-hybridized carbons (Fsp3) is 0.600. The van der Waals surface area contributed by atoms with Crippen LogP contribution in [0.15, 0.2) is 30.3 Å². The second-order valence-corrected chi connectivity index (χ2v) is 5.74. The molecule has 0 bridgehead atoms. The minimum Gasteiger partial charge on any atom is -0.390 e. The van der Waals surface area contributed by atoms with Crippen LogP contribution in [-0.4, -0.2) is 29.2 Å². The van der Waals surface area contributed by atoms with Crippen molar-refractivity contribution in [3.63, 3.8) is 0 Å². The summed E-state index contributed by atoms with van der Waals surface area (Å²) in [5.41, 5.74) is 0.705. The van der Waals surface area contributed by atoms with Crippen molar-refractivity contribution < 1.29 is 5.11 Å². The van der Waals surface area contributed by atoms with Gasteiger partial charge in [0.1, 0.15) is 0 Å². The summed E-state index contributed by atoms with van der Waals surface area (Å²) in [6, 6.07) is 10.9. The van der Waals surface area contributed by atoms with Gasteiger partial charge in [-0.05, 0) is 45.8 Å². The SMILES string of the molecule is CN1CCCC(C(C)(C)O)C1c1ccccc1.Cl. The van der Waals surface area contributed by atoms with Crippen molar-refractivity contribution >= 4 is 12.4 Å². The molecule has 1 N–H and O–H groups in total. The van der Waals surface area contributed by atoms with Gasteiger partial charge in [-0.3, -0.25) is 4.90 Å². The van der Waals surface area contributed by atoms with Crippen LogP contribution in [-0.2, 0) is 0 Å². The van der Waals surface area contributed by atoms with Crippen molar-refractivity contribution in [1.82, 2.24) is 4.90 Å². The van der Waals surface area contributed by atoms with E-state index in [1.165, 1.54) is 12.0 Å². The summed E-state index contributed by atoms with van der Waals surface area (Å²) < 4.78 is 0. The summed E-state index contributed by atoms with van der Waals surface area (Å²) in [6.07, 6.45) is 2.28. The van der Waals surface area contributed by atoms with Crippen LogP contribution < -0.4 is 0 Å². The average molecular weight is 270 g/mol. The monoisotopic (exact) mass is 269 g/mol. The Labute approximate surface area is 116 Å². The molecule has 1 fully saturated rings. The number of hydrogen-bond donors (Lipinski definition) is 1. The van der Waals surface area contributed by atoms with Crippen molar-refractivity contribution in [2.75, 3.05) is 13.6 Å². The number of benzene rings is 1. The van der Waals surface area contributed by atoms with Gasteiger partial charge in [0.2, 0.25) is 0 Å². The summed E-state index contributed by atoms with van der Waals surface area (Å²) in [5, 5.41) is 10.4. The van der Waals surface area contributed by atoms with E-state index in [4.69, 9.17) is 0 Å². The van der Waals surface area contributed by atoms with Crippen LogP contribution in [0, 0.1) is 5.92 Å². The number of nitrogens with zero attached hydrogens (tertiary/aromatic N) is 1. The number of hydrogen-bond acceptors (Lipinski definition) is 2. The zero-order valence-corrected chi connectivity index (χ0v) is 12.3. The first kappa shape index (κ1) is 15.5. The van der Waals surface area contributed by atoms with E-state index in [9.17, 15) is 5.11 Å². The van der Waals surface area contributed by atoms with Crippen LogP contribution in [0.3, 0.4) is 0 Å². The highest BCUT2D eigenvalue weighted by molar-refractivity contribution is 5.85. The third-order valence-electron chi connectivity index (χ3n) is 3.93. The molecule has 3 heteroatoms. The molecule has 0 radical (unpaired) electrons. The van der Waals surface area contributed by atoms with E-state index in [0.717, 1.165) is 13.0 Å². The number of halogens is 1. The number of rotatable bonds is 2. The molecule has 1 heterocycles. The molecule has 102 valence electrons. The first-order chi connectivity index (χ1) is 8.00. The minimum atomic E-state index is -0.616. The molecule has 2 rings (SSSR count). The van der Waals surface area contributed by atoms with Gasteiger partial charge in [0, 0.05) is 12.0 Å². The summed E-state index contributed by atoms with van der Waals surface area (Å²) in [4.78, 5) is 2.38. The van der Waals surface area contributed by atoms with Gasteiger partial charge in [0.05, 0.1) is 5.60 Å². The number of likely N-dealkylation sites (tertiary alicyclic amines) is 1. The van der Waals surface area contributed by atoms with Gasteiger partial charge in [-0.2, -0.15) is 0 Å².